The summed E-state index contributed by atoms with van der Waals surface area (Å²) in [6.45, 7) is 3.60. The Morgan fingerprint density at radius 2 is 2.22 bits per heavy atom. The van der Waals surface area contributed by atoms with E-state index in [4.69, 9.17) is 0 Å². The minimum absolute atomic E-state index is 0.190. The van der Waals surface area contributed by atoms with E-state index in [-0.39, 0.29) is 5.78 Å². The summed E-state index contributed by atoms with van der Waals surface area (Å²) >= 11 is 0. The van der Waals surface area contributed by atoms with Crippen LogP contribution in [0.3, 0.4) is 0 Å². The monoisotopic (exact) mass is 128 g/mol. The number of hydrogen-bond donors (Lipinski definition) is 1. The van der Waals surface area contributed by atoms with Gasteiger partial charge in [0.25, 0.3) is 0 Å². The normalized spacial score (nSPS) is 33.2. The number of Topliss-reactive ketones (excluding diaryl/α,β-unsaturated/α-hetero) is 1. The molecule has 0 aliphatic heterocycles. The molecule has 0 aromatic heterocycles. The van der Waals surface area contributed by atoms with Crippen molar-refractivity contribution in [2.24, 2.45) is 5.41 Å². The van der Waals surface area contributed by atoms with Crippen LogP contribution in [0.5, 0.6) is 0 Å². The zero-order chi connectivity index (χ0) is 7.07. The van der Waals surface area contributed by atoms with Crippen LogP contribution in [0.4, 0.5) is 0 Å². The van der Waals surface area contributed by atoms with E-state index < -0.39 is 11.5 Å². The summed E-state index contributed by atoms with van der Waals surface area (Å²) in [6, 6.07) is 0. The van der Waals surface area contributed by atoms with Gasteiger partial charge in [0, 0.05) is 11.8 Å². The smallest absolute Gasteiger partial charge is 0.141 e. The Morgan fingerprint density at radius 3 is 2.33 bits per heavy atom. The minimum Gasteiger partial charge on any atom is -0.392 e. The fourth-order valence-electron chi connectivity index (χ4n) is 1.14. The van der Waals surface area contributed by atoms with E-state index in [1.807, 2.05) is 0 Å². The van der Waals surface area contributed by atoms with Gasteiger partial charge in [-0.15, -0.1) is 0 Å². The predicted molar refractivity (Wildman–Crippen MR) is 34.0 cm³/mol. The molecule has 1 aliphatic rings. The molecule has 2 heteroatoms. The quantitative estimate of drug-likeness (QED) is 0.522. The first kappa shape index (κ1) is 6.75. The first-order valence-corrected chi connectivity index (χ1v) is 3.26. The van der Waals surface area contributed by atoms with E-state index >= 15 is 0 Å². The molecule has 9 heavy (non-hydrogen) atoms. The van der Waals surface area contributed by atoms with Crippen LogP contribution in [0.25, 0.3) is 0 Å². The Hall–Kier alpha value is -0.370. The molecule has 1 rings (SSSR count). The summed E-state index contributed by atoms with van der Waals surface area (Å²) in [5, 5.41) is 9.21. The molecule has 1 unspecified atom stereocenters. The maximum atomic E-state index is 10.9. The van der Waals surface area contributed by atoms with E-state index in [0.29, 0.717) is 12.8 Å². The summed E-state index contributed by atoms with van der Waals surface area (Å²) in [4.78, 5) is 10.9. The van der Waals surface area contributed by atoms with Gasteiger partial charge in [0.1, 0.15) is 5.78 Å². The molecule has 1 N–H and O–H groups in total. The first-order chi connectivity index (χ1) is 4.05. The lowest BCUT2D eigenvalue weighted by Gasteiger charge is -2.19. The first-order valence-electron chi connectivity index (χ1n) is 3.26. The second kappa shape index (κ2) is 1.81. The zero-order valence-corrected chi connectivity index (χ0v) is 5.85. The molecule has 1 atom stereocenters. The van der Waals surface area contributed by atoms with Crippen molar-refractivity contribution < 1.29 is 9.90 Å². The van der Waals surface area contributed by atoms with E-state index in [0.717, 1.165) is 0 Å². The van der Waals surface area contributed by atoms with Crippen molar-refractivity contribution in [1.29, 1.82) is 0 Å². The van der Waals surface area contributed by atoms with Crippen molar-refractivity contribution in [3.05, 3.63) is 0 Å². The highest BCUT2D eigenvalue weighted by Gasteiger charge is 2.40. The van der Waals surface area contributed by atoms with Crippen molar-refractivity contribution in [3.63, 3.8) is 0 Å². The number of rotatable bonds is 0. The Kier molecular flexibility index (Phi) is 1.35. The topological polar surface area (TPSA) is 37.3 Å². The van der Waals surface area contributed by atoms with Crippen molar-refractivity contribution in [2.45, 2.75) is 32.8 Å². The molecule has 1 aliphatic carbocycles. The van der Waals surface area contributed by atoms with Gasteiger partial charge in [0.05, 0.1) is 6.10 Å². The fourth-order valence-corrected chi connectivity index (χ4v) is 1.14. The van der Waals surface area contributed by atoms with E-state index in [1.165, 1.54) is 0 Å². The lowest BCUT2D eigenvalue weighted by Crippen LogP contribution is -2.28. The summed E-state index contributed by atoms with van der Waals surface area (Å²) in [5.74, 6) is 0.190. The number of aliphatic hydroxyl groups is 1. The maximum Gasteiger partial charge on any atom is 0.141 e. The van der Waals surface area contributed by atoms with Crippen molar-refractivity contribution in [3.8, 4) is 0 Å². The Morgan fingerprint density at radius 1 is 1.67 bits per heavy atom. The molecule has 0 amide bonds. The second-order valence-electron chi connectivity index (χ2n) is 3.20. The van der Waals surface area contributed by atoms with Crippen molar-refractivity contribution in [1.82, 2.24) is 0 Å². The van der Waals surface area contributed by atoms with Gasteiger partial charge < -0.3 is 5.11 Å². The van der Waals surface area contributed by atoms with Crippen LogP contribution in [-0.2, 0) is 4.79 Å². The Balaban J connectivity index is 2.78. The van der Waals surface area contributed by atoms with Gasteiger partial charge in [0.15, 0.2) is 0 Å². The van der Waals surface area contributed by atoms with Crippen LogP contribution in [0.15, 0.2) is 0 Å². The SMILES string of the molecule is CC1(C)C(=O)CCC1O. The van der Waals surface area contributed by atoms with Gasteiger partial charge in [-0.05, 0) is 6.42 Å². The highest BCUT2D eigenvalue weighted by molar-refractivity contribution is 5.86. The molecule has 1 fully saturated rings. The Bertz CT molecular complexity index is 138. The van der Waals surface area contributed by atoms with E-state index in [1.54, 1.807) is 13.8 Å². The summed E-state index contributed by atoms with van der Waals surface area (Å²) < 4.78 is 0. The van der Waals surface area contributed by atoms with E-state index in [2.05, 4.69) is 0 Å². The summed E-state index contributed by atoms with van der Waals surface area (Å²) in [7, 11) is 0. The van der Waals surface area contributed by atoms with Gasteiger partial charge >= 0.3 is 0 Å². The van der Waals surface area contributed by atoms with E-state index in [9.17, 15) is 9.90 Å². The van der Waals surface area contributed by atoms with Crippen LogP contribution in [-0.4, -0.2) is 17.0 Å². The van der Waals surface area contributed by atoms with Gasteiger partial charge in [-0.2, -0.15) is 0 Å². The average molecular weight is 128 g/mol. The molecule has 0 spiro atoms. The molecule has 0 heterocycles. The van der Waals surface area contributed by atoms with Crippen LogP contribution < -0.4 is 0 Å². The lowest BCUT2D eigenvalue weighted by atomic mass is 9.88. The molecular weight excluding hydrogens is 116 g/mol. The van der Waals surface area contributed by atoms with Gasteiger partial charge in [-0.25, -0.2) is 0 Å². The molecule has 0 bridgehead atoms. The van der Waals surface area contributed by atoms with Crippen LogP contribution in [0.2, 0.25) is 0 Å². The number of aliphatic hydroxyl groups excluding tert-OH is 1. The highest BCUT2D eigenvalue weighted by Crippen LogP contribution is 2.33. The third kappa shape index (κ3) is 0.874. The molecule has 0 aromatic carbocycles. The zero-order valence-electron chi connectivity index (χ0n) is 5.85. The second-order valence-corrected chi connectivity index (χ2v) is 3.20. The van der Waals surface area contributed by atoms with Crippen molar-refractivity contribution >= 4 is 5.78 Å². The molecule has 1 saturated carbocycles. The van der Waals surface area contributed by atoms with Crippen LogP contribution >= 0.6 is 0 Å². The Labute approximate surface area is 54.9 Å². The summed E-state index contributed by atoms with van der Waals surface area (Å²) in [6.07, 6.45) is 0.782. The van der Waals surface area contributed by atoms with Gasteiger partial charge in [-0.3, -0.25) is 4.79 Å². The fraction of sp³-hybridized carbons (Fsp3) is 0.857. The third-order valence-corrected chi connectivity index (χ3v) is 2.20. The molecule has 52 valence electrons. The standard InChI is InChI=1S/C7H12O2/c1-7(2)5(8)3-4-6(7)9/h5,8H,3-4H2,1-2H3. The number of hydrogen-bond acceptors (Lipinski definition) is 2. The van der Waals surface area contributed by atoms with Gasteiger partial charge in [0.2, 0.25) is 0 Å². The van der Waals surface area contributed by atoms with Crippen molar-refractivity contribution in [2.75, 3.05) is 0 Å². The third-order valence-electron chi connectivity index (χ3n) is 2.20. The number of carbonyl (C=O) groups excluding carboxylic acids is 1. The molecule has 0 aromatic rings. The lowest BCUT2D eigenvalue weighted by molar-refractivity contribution is -0.126. The molecule has 2 nitrogen and oxygen atoms in total. The predicted octanol–water partition coefficient (Wildman–Crippen LogP) is 0.736. The van der Waals surface area contributed by atoms with Crippen LogP contribution in [0, 0.1) is 5.41 Å². The summed E-state index contributed by atoms with van der Waals surface area (Å²) in [5.41, 5.74) is -0.472. The molecular formula is C7H12O2. The molecule has 0 radical (unpaired) electrons. The average Bonchev–Trinajstić information content (AvgIpc) is 1.96. The molecule has 0 saturated heterocycles. The van der Waals surface area contributed by atoms with Crippen LogP contribution in [0.1, 0.15) is 26.7 Å². The van der Waals surface area contributed by atoms with Gasteiger partial charge in [-0.1, -0.05) is 13.8 Å². The number of carbonyl (C=O) groups is 1. The number of ketones is 1. The maximum absolute atomic E-state index is 10.9. The highest BCUT2D eigenvalue weighted by atomic mass is 16.3. The largest absolute Gasteiger partial charge is 0.392 e. The minimum atomic E-state index is -0.472.